The fourth-order valence-electron chi connectivity index (χ4n) is 0.962. The van der Waals surface area contributed by atoms with Crippen molar-refractivity contribution in [3.05, 3.63) is 17.7 Å². The molecule has 2 amide bonds. The number of nitrogens with zero attached hydrogens (tertiary/aromatic N) is 1. The van der Waals surface area contributed by atoms with Crippen molar-refractivity contribution in [2.75, 3.05) is 13.6 Å². The molecule has 1 aromatic heterocycles. The van der Waals surface area contributed by atoms with Crippen molar-refractivity contribution in [1.82, 2.24) is 20.6 Å². The van der Waals surface area contributed by atoms with E-state index in [1.807, 2.05) is 0 Å². The quantitative estimate of drug-likeness (QED) is 0.501. The highest BCUT2D eigenvalue weighted by Crippen LogP contribution is 2.01. The summed E-state index contributed by atoms with van der Waals surface area (Å²) in [6, 6.07) is 0. The summed E-state index contributed by atoms with van der Waals surface area (Å²) in [7, 11) is 1.42. The highest BCUT2D eigenvalue weighted by Gasteiger charge is 2.19. The number of amides is 2. The van der Waals surface area contributed by atoms with Crippen LogP contribution in [-0.4, -0.2) is 46.5 Å². The molecule has 1 heterocycles. The number of aromatic carboxylic acids is 1. The SMILES string of the molecule is CNC(=O)CNC(=O)c1nc[nH]c1C(=O)O. The third-order valence-electron chi connectivity index (χ3n) is 1.76. The van der Waals surface area contributed by atoms with Gasteiger partial charge in [-0.1, -0.05) is 0 Å². The largest absolute Gasteiger partial charge is 0.477 e. The molecule has 4 N–H and O–H groups in total. The molecule has 0 saturated heterocycles. The van der Waals surface area contributed by atoms with Gasteiger partial charge in [-0.05, 0) is 0 Å². The molecule has 0 aliphatic heterocycles. The lowest BCUT2D eigenvalue weighted by molar-refractivity contribution is -0.119. The Hall–Kier alpha value is -2.38. The first kappa shape index (κ1) is 11.7. The molecule has 0 aromatic carbocycles. The van der Waals surface area contributed by atoms with Crippen molar-refractivity contribution < 1.29 is 19.5 Å². The van der Waals surface area contributed by atoms with E-state index in [2.05, 4.69) is 20.6 Å². The first-order chi connectivity index (χ1) is 7.56. The summed E-state index contributed by atoms with van der Waals surface area (Å²) in [5.74, 6) is -2.40. The molecular formula is C8H10N4O4. The predicted molar refractivity (Wildman–Crippen MR) is 51.9 cm³/mol. The van der Waals surface area contributed by atoms with Crippen LogP contribution >= 0.6 is 0 Å². The molecule has 0 atom stereocenters. The smallest absolute Gasteiger partial charge is 0.354 e. The number of aromatic amines is 1. The minimum absolute atomic E-state index is 0.235. The lowest BCUT2D eigenvalue weighted by atomic mass is 10.3. The standard InChI is InChI=1S/C8H10N4O4/c1-9-4(13)2-10-7(14)5-6(8(15)16)12-3-11-5/h3H,2H2,1H3,(H,9,13)(H,10,14)(H,11,12)(H,15,16). The maximum Gasteiger partial charge on any atom is 0.354 e. The maximum atomic E-state index is 11.4. The van der Waals surface area contributed by atoms with Crippen molar-refractivity contribution in [2.24, 2.45) is 0 Å². The summed E-state index contributed by atoms with van der Waals surface area (Å²) < 4.78 is 0. The van der Waals surface area contributed by atoms with E-state index in [4.69, 9.17) is 5.11 Å². The molecule has 86 valence electrons. The fourth-order valence-corrected chi connectivity index (χ4v) is 0.962. The Labute approximate surface area is 90.1 Å². The van der Waals surface area contributed by atoms with Crippen LogP contribution < -0.4 is 10.6 Å². The topological polar surface area (TPSA) is 124 Å². The highest BCUT2D eigenvalue weighted by molar-refractivity contribution is 6.03. The second kappa shape index (κ2) is 4.91. The molecule has 0 spiro atoms. The molecular weight excluding hydrogens is 216 g/mol. The van der Waals surface area contributed by atoms with E-state index in [9.17, 15) is 14.4 Å². The molecule has 0 bridgehead atoms. The van der Waals surface area contributed by atoms with Crippen molar-refractivity contribution in [2.45, 2.75) is 0 Å². The Kier molecular flexibility index (Phi) is 3.59. The molecule has 8 nitrogen and oxygen atoms in total. The molecule has 0 radical (unpaired) electrons. The van der Waals surface area contributed by atoms with Gasteiger partial charge in [0.05, 0.1) is 12.9 Å². The zero-order valence-electron chi connectivity index (χ0n) is 8.40. The van der Waals surface area contributed by atoms with E-state index in [0.717, 1.165) is 6.33 Å². The lowest BCUT2D eigenvalue weighted by Crippen LogP contribution is -2.35. The Morgan fingerprint density at radius 3 is 2.75 bits per heavy atom. The van der Waals surface area contributed by atoms with Gasteiger partial charge in [-0.3, -0.25) is 9.59 Å². The number of rotatable bonds is 4. The van der Waals surface area contributed by atoms with Crippen molar-refractivity contribution in [1.29, 1.82) is 0 Å². The van der Waals surface area contributed by atoms with Gasteiger partial charge in [0, 0.05) is 7.05 Å². The number of carboxylic acids is 1. The molecule has 1 aromatic rings. The summed E-state index contributed by atoms with van der Waals surface area (Å²) in [6.07, 6.45) is 1.10. The normalized spacial score (nSPS) is 9.56. The molecule has 0 fully saturated rings. The lowest BCUT2D eigenvalue weighted by Gasteiger charge is -2.02. The number of nitrogens with one attached hydrogen (secondary N) is 3. The second-order valence-electron chi connectivity index (χ2n) is 2.79. The summed E-state index contributed by atoms with van der Waals surface area (Å²) in [6.45, 7) is -0.235. The van der Waals surface area contributed by atoms with Crippen LogP contribution in [-0.2, 0) is 4.79 Å². The van der Waals surface area contributed by atoms with Crippen LogP contribution in [0.1, 0.15) is 21.0 Å². The third-order valence-corrected chi connectivity index (χ3v) is 1.76. The van der Waals surface area contributed by atoms with Crippen LogP contribution in [0.15, 0.2) is 6.33 Å². The minimum Gasteiger partial charge on any atom is -0.477 e. The number of likely N-dealkylation sites (N-methyl/N-ethyl adjacent to an activating group) is 1. The van der Waals surface area contributed by atoms with Gasteiger partial charge in [-0.2, -0.15) is 0 Å². The van der Waals surface area contributed by atoms with Crippen LogP contribution in [0, 0.1) is 0 Å². The monoisotopic (exact) mass is 226 g/mol. The van der Waals surface area contributed by atoms with Gasteiger partial charge in [-0.15, -0.1) is 0 Å². The first-order valence-electron chi connectivity index (χ1n) is 4.31. The van der Waals surface area contributed by atoms with Gasteiger partial charge < -0.3 is 20.7 Å². The van der Waals surface area contributed by atoms with Crippen LogP contribution in [0.25, 0.3) is 0 Å². The highest BCUT2D eigenvalue weighted by atomic mass is 16.4. The fraction of sp³-hybridized carbons (Fsp3) is 0.250. The van der Waals surface area contributed by atoms with Crippen LogP contribution in [0.5, 0.6) is 0 Å². The average molecular weight is 226 g/mol. The van der Waals surface area contributed by atoms with Crippen molar-refractivity contribution in [3.63, 3.8) is 0 Å². The Bertz CT molecular complexity index is 425. The van der Waals surface area contributed by atoms with Gasteiger partial charge in [0.2, 0.25) is 5.91 Å². The maximum absolute atomic E-state index is 11.4. The number of H-pyrrole nitrogens is 1. The number of hydrogen-bond acceptors (Lipinski definition) is 4. The van der Waals surface area contributed by atoms with Gasteiger partial charge >= 0.3 is 5.97 Å². The van der Waals surface area contributed by atoms with Crippen molar-refractivity contribution >= 4 is 17.8 Å². The first-order valence-corrected chi connectivity index (χ1v) is 4.31. The zero-order chi connectivity index (χ0) is 12.1. The Morgan fingerprint density at radius 2 is 2.19 bits per heavy atom. The van der Waals surface area contributed by atoms with E-state index < -0.39 is 11.9 Å². The second-order valence-corrected chi connectivity index (χ2v) is 2.79. The van der Waals surface area contributed by atoms with Gasteiger partial charge in [-0.25, -0.2) is 9.78 Å². The molecule has 16 heavy (non-hydrogen) atoms. The Morgan fingerprint density at radius 1 is 1.50 bits per heavy atom. The number of carboxylic acid groups (broad SMARTS) is 1. The van der Waals surface area contributed by atoms with Crippen molar-refractivity contribution in [3.8, 4) is 0 Å². The molecule has 1 rings (SSSR count). The summed E-state index contributed by atoms with van der Waals surface area (Å²) in [5, 5.41) is 13.2. The van der Waals surface area contributed by atoms with E-state index >= 15 is 0 Å². The third kappa shape index (κ3) is 2.56. The predicted octanol–water partition coefficient (Wildman–Crippen LogP) is -1.42. The number of carbonyl (C=O) groups excluding carboxylic acids is 2. The van der Waals surface area contributed by atoms with Gasteiger partial charge in [0.25, 0.3) is 5.91 Å². The van der Waals surface area contributed by atoms with Crippen LogP contribution in [0.3, 0.4) is 0 Å². The number of hydrogen-bond donors (Lipinski definition) is 4. The number of aromatic nitrogens is 2. The van der Waals surface area contributed by atoms with E-state index in [1.165, 1.54) is 7.05 Å². The molecule has 0 aliphatic carbocycles. The summed E-state index contributed by atoms with van der Waals surface area (Å²) >= 11 is 0. The van der Waals surface area contributed by atoms with E-state index in [0.29, 0.717) is 0 Å². The summed E-state index contributed by atoms with van der Waals surface area (Å²) in [5.41, 5.74) is -0.564. The molecule has 0 unspecified atom stereocenters. The molecule has 0 saturated carbocycles. The Balaban J connectivity index is 2.70. The van der Waals surface area contributed by atoms with E-state index in [-0.39, 0.29) is 23.8 Å². The number of carbonyl (C=O) groups is 3. The average Bonchev–Trinajstić information content (AvgIpc) is 2.74. The van der Waals surface area contributed by atoms with Crippen LogP contribution in [0.4, 0.5) is 0 Å². The van der Waals surface area contributed by atoms with Gasteiger partial charge in [0.1, 0.15) is 0 Å². The van der Waals surface area contributed by atoms with E-state index in [1.54, 1.807) is 0 Å². The van der Waals surface area contributed by atoms with Crippen LogP contribution in [0.2, 0.25) is 0 Å². The minimum atomic E-state index is -1.29. The zero-order valence-corrected chi connectivity index (χ0v) is 8.40. The summed E-state index contributed by atoms with van der Waals surface area (Å²) in [4.78, 5) is 38.8. The van der Waals surface area contributed by atoms with Gasteiger partial charge in [0.15, 0.2) is 11.4 Å². The number of imidazole rings is 1. The molecule has 8 heteroatoms. The molecule has 0 aliphatic rings.